The molecule has 1 saturated heterocycles. The summed E-state index contributed by atoms with van der Waals surface area (Å²) in [6.45, 7) is 4.32. The monoisotopic (exact) mass is 365 g/mol. The Morgan fingerprint density at radius 3 is 2.68 bits per heavy atom. The maximum atomic E-state index is 12.6. The first-order chi connectivity index (χ1) is 12.1. The molecule has 0 radical (unpaired) electrons. The van der Waals surface area contributed by atoms with Gasteiger partial charge in [0.1, 0.15) is 6.04 Å². The van der Waals surface area contributed by atoms with Crippen LogP contribution < -0.4 is 5.32 Å². The van der Waals surface area contributed by atoms with Crippen molar-refractivity contribution in [1.82, 2.24) is 10.2 Å². The molecule has 7 nitrogen and oxygen atoms in total. The molecule has 134 valence electrons. The fourth-order valence-electron chi connectivity index (χ4n) is 2.90. The lowest BCUT2D eigenvalue weighted by Gasteiger charge is -2.35. The van der Waals surface area contributed by atoms with E-state index < -0.39 is 23.8 Å². The zero-order valence-electron chi connectivity index (χ0n) is 13.9. The average Bonchev–Trinajstić information content (AvgIpc) is 2.62. The Morgan fingerprint density at radius 1 is 1.36 bits per heavy atom. The van der Waals surface area contributed by atoms with Gasteiger partial charge in [0.25, 0.3) is 0 Å². The van der Waals surface area contributed by atoms with E-state index in [2.05, 4.69) is 10.3 Å². The smallest absolute Gasteiger partial charge is 0.321 e. The van der Waals surface area contributed by atoms with Crippen molar-refractivity contribution in [3.05, 3.63) is 34.9 Å². The van der Waals surface area contributed by atoms with Crippen LogP contribution in [0.3, 0.4) is 0 Å². The van der Waals surface area contributed by atoms with Gasteiger partial charge in [0.2, 0.25) is 11.9 Å². The van der Waals surface area contributed by atoms with E-state index in [0.29, 0.717) is 37.3 Å². The summed E-state index contributed by atoms with van der Waals surface area (Å²) >= 11 is 5.95. The van der Waals surface area contributed by atoms with Gasteiger partial charge in [0.15, 0.2) is 5.92 Å². The number of nitrogens with zero attached hydrogens (tertiary/aromatic N) is 2. The predicted molar refractivity (Wildman–Crippen MR) is 92.3 cm³/mol. The van der Waals surface area contributed by atoms with E-state index in [1.165, 1.54) is 0 Å². The Hall–Kier alpha value is -2.12. The quantitative estimate of drug-likeness (QED) is 0.646. The van der Waals surface area contributed by atoms with Crippen LogP contribution in [0.5, 0.6) is 0 Å². The topological polar surface area (TPSA) is 80.2 Å². The first kappa shape index (κ1) is 17.7. The molecule has 1 aromatic carbocycles. The highest BCUT2D eigenvalue weighted by atomic mass is 35.5. The van der Waals surface area contributed by atoms with Gasteiger partial charge in [-0.1, -0.05) is 23.7 Å². The van der Waals surface area contributed by atoms with Crippen molar-refractivity contribution in [2.45, 2.75) is 13.0 Å². The summed E-state index contributed by atoms with van der Waals surface area (Å²) in [5.41, 5.74) is 0.739. The highest BCUT2D eigenvalue weighted by Gasteiger charge is 2.42. The summed E-state index contributed by atoms with van der Waals surface area (Å²) in [5, 5.41) is 3.32. The molecule has 2 heterocycles. The Morgan fingerprint density at radius 2 is 2.04 bits per heavy atom. The van der Waals surface area contributed by atoms with E-state index in [9.17, 15) is 9.59 Å². The lowest BCUT2D eigenvalue weighted by molar-refractivity contribution is -0.153. The van der Waals surface area contributed by atoms with E-state index in [0.717, 1.165) is 5.56 Å². The van der Waals surface area contributed by atoms with Crippen LogP contribution in [0.15, 0.2) is 29.3 Å². The number of amides is 1. The predicted octanol–water partition coefficient (Wildman–Crippen LogP) is 1.38. The minimum absolute atomic E-state index is 0.204. The van der Waals surface area contributed by atoms with Crippen LogP contribution in [-0.2, 0) is 19.1 Å². The van der Waals surface area contributed by atoms with Crippen molar-refractivity contribution in [3.63, 3.8) is 0 Å². The number of morpholine rings is 1. The molecule has 1 fully saturated rings. The summed E-state index contributed by atoms with van der Waals surface area (Å²) in [5.74, 6) is -1.54. The number of carbonyl (C=O) groups excluding carboxylic acids is 2. The Kier molecular flexibility index (Phi) is 5.55. The van der Waals surface area contributed by atoms with Gasteiger partial charge in [-0.15, -0.1) is 0 Å². The molecule has 0 spiro atoms. The number of carbonyl (C=O) groups is 2. The average molecular weight is 366 g/mol. The summed E-state index contributed by atoms with van der Waals surface area (Å²) in [4.78, 5) is 31.6. The van der Waals surface area contributed by atoms with Gasteiger partial charge >= 0.3 is 5.97 Å². The highest BCUT2D eigenvalue weighted by Crippen LogP contribution is 2.31. The van der Waals surface area contributed by atoms with Crippen LogP contribution >= 0.6 is 11.6 Å². The highest BCUT2D eigenvalue weighted by molar-refractivity contribution is 6.30. The molecule has 2 aliphatic rings. The van der Waals surface area contributed by atoms with Crippen LogP contribution in [0.1, 0.15) is 18.5 Å². The van der Waals surface area contributed by atoms with Crippen LogP contribution in [0.25, 0.3) is 0 Å². The fourth-order valence-corrected chi connectivity index (χ4v) is 3.03. The van der Waals surface area contributed by atoms with E-state index in [1.807, 2.05) is 4.90 Å². The number of guanidine groups is 1. The summed E-state index contributed by atoms with van der Waals surface area (Å²) in [6, 6.07) is 6.34. The number of ether oxygens (including phenoxy) is 2. The molecule has 1 N–H and O–H groups in total. The van der Waals surface area contributed by atoms with Gasteiger partial charge in [-0.2, -0.15) is 0 Å². The van der Waals surface area contributed by atoms with Crippen molar-refractivity contribution < 1.29 is 19.1 Å². The van der Waals surface area contributed by atoms with Crippen LogP contribution in [0, 0.1) is 5.92 Å². The van der Waals surface area contributed by atoms with Gasteiger partial charge < -0.3 is 14.4 Å². The normalized spacial score (nSPS) is 23.7. The van der Waals surface area contributed by atoms with Gasteiger partial charge in [0, 0.05) is 18.1 Å². The second kappa shape index (κ2) is 7.84. The number of nitrogens with one attached hydrogen (secondary N) is 1. The summed E-state index contributed by atoms with van der Waals surface area (Å²) < 4.78 is 10.4. The molecule has 0 bridgehead atoms. The lowest BCUT2D eigenvalue weighted by atomic mass is 9.91. The number of rotatable bonds is 3. The third-order valence-electron chi connectivity index (χ3n) is 4.16. The zero-order chi connectivity index (χ0) is 17.8. The van der Waals surface area contributed by atoms with Crippen molar-refractivity contribution in [3.8, 4) is 0 Å². The first-order valence-electron chi connectivity index (χ1n) is 8.23. The van der Waals surface area contributed by atoms with Crippen LogP contribution in [0.2, 0.25) is 5.02 Å². The van der Waals surface area contributed by atoms with Crippen LogP contribution in [0.4, 0.5) is 0 Å². The molecule has 1 aromatic rings. The summed E-state index contributed by atoms with van der Waals surface area (Å²) in [6.07, 6.45) is 0. The van der Waals surface area contributed by atoms with E-state index >= 15 is 0 Å². The van der Waals surface area contributed by atoms with E-state index in [-0.39, 0.29) is 6.61 Å². The Labute approximate surface area is 150 Å². The molecule has 3 rings (SSSR count). The molecule has 2 atom stereocenters. The zero-order valence-corrected chi connectivity index (χ0v) is 14.7. The van der Waals surface area contributed by atoms with Gasteiger partial charge in [-0.25, -0.2) is 4.99 Å². The standard InChI is InChI=1S/C17H20ClN3O4/c1-2-25-16(23)13-14(11-3-5-12(18)6-4-11)19-17(20-15(13)22)21-7-9-24-10-8-21/h3-6,13-14H,2,7-10H2,1H3,(H,19,20,22)/t13-,14+/m1/s1. The van der Waals surface area contributed by atoms with Crippen molar-refractivity contribution in [2.24, 2.45) is 10.9 Å². The van der Waals surface area contributed by atoms with Crippen molar-refractivity contribution >= 4 is 29.4 Å². The molecule has 8 heteroatoms. The number of aliphatic imine (C=N–C) groups is 1. The number of hydrogen-bond acceptors (Lipinski definition) is 6. The number of hydrogen-bond donors (Lipinski definition) is 1. The lowest BCUT2D eigenvalue weighted by Crippen LogP contribution is -2.55. The third kappa shape index (κ3) is 3.93. The van der Waals surface area contributed by atoms with Gasteiger partial charge in [0.05, 0.1) is 19.8 Å². The minimum Gasteiger partial charge on any atom is -0.465 e. The van der Waals surface area contributed by atoms with Gasteiger partial charge in [-0.3, -0.25) is 14.9 Å². The molecule has 25 heavy (non-hydrogen) atoms. The number of halogens is 1. The molecule has 0 aromatic heterocycles. The largest absolute Gasteiger partial charge is 0.465 e. The summed E-state index contributed by atoms with van der Waals surface area (Å²) in [7, 11) is 0. The molecule has 1 amide bonds. The van der Waals surface area contributed by atoms with Crippen molar-refractivity contribution in [2.75, 3.05) is 32.9 Å². The molecule has 0 unspecified atom stereocenters. The van der Waals surface area contributed by atoms with Gasteiger partial charge in [-0.05, 0) is 24.6 Å². The second-order valence-corrected chi connectivity index (χ2v) is 6.20. The Bertz CT molecular complexity index is 671. The maximum absolute atomic E-state index is 12.6. The van der Waals surface area contributed by atoms with E-state index in [1.54, 1.807) is 31.2 Å². The SMILES string of the molecule is CCOC(=O)[C@H]1C(=O)NC(N2CCOCC2)=N[C@H]1c1ccc(Cl)cc1. The third-order valence-corrected chi connectivity index (χ3v) is 4.41. The van der Waals surface area contributed by atoms with Crippen molar-refractivity contribution in [1.29, 1.82) is 0 Å². The maximum Gasteiger partial charge on any atom is 0.321 e. The number of esters is 1. The molecule has 0 aliphatic carbocycles. The second-order valence-electron chi connectivity index (χ2n) is 5.77. The molecule has 2 aliphatic heterocycles. The fraction of sp³-hybridized carbons (Fsp3) is 0.471. The van der Waals surface area contributed by atoms with Crippen LogP contribution in [-0.4, -0.2) is 55.6 Å². The molecular formula is C17H20ClN3O4. The first-order valence-corrected chi connectivity index (χ1v) is 8.61. The molecule has 0 saturated carbocycles. The molecular weight excluding hydrogens is 346 g/mol. The minimum atomic E-state index is -1.02. The Balaban J connectivity index is 1.95. The number of benzene rings is 1. The van der Waals surface area contributed by atoms with E-state index in [4.69, 9.17) is 21.1 Å².